The molecule has 1 aromatic heterocycles. The minimum absolute atomic E-state index is 0.0243. The van der Waals surface area contributed by atoms with Crippen LogP contribution in [0.25, 0.3) is 0 Å². The Morgan fingerprint density at radius 1 is 1.27 bits per heavy atom. The Morgan fingerprint density at radius 3 is 2.73 bits per heavy atom. The SMILES string of the molecule is Cc1ccc(C)c(OCC(=O)Nc2nnc(C3CC3)s2)c1C. The molecular weight excluding hydrogens is 298 g/mol. The van der Waals surface area contributed by atoms with Crippen molar-refractivity contribution >= 4 is 22.4 Å². The van der Waals surface area contributed by atoms with Crippen LogP contribution in [0, 0.1) is 20.8 Å². The summed E-state index contributed by atoms with van der Waals surface area (Å²) in [4.78, 5) is 12.0. The zero-order valence-corrected chi connectivity index (χ0v) is 13.8. The van der Waals surface area contributed by atoms with Gasteiger partial charge in [-0.05, 0) is 50.3 Å². The summed E-state index contributed by atoms with van der Waals surface area (Å²) in [6.07, 6.45) is 2.36. The second-order valence-corrected chi connectivity index (χ2v) is 6.72. The molecular formula is C16H19N3O2S. The van der Waals surface area contributed by atoms with Gasteiger partial charge in [0.15, 0.2) is 6.61 Å². The van der Waals surface area contributed by atoms with E-state index < -0.39 is 0 Å². The van der Waals surface area contributed by atoms with E-state index in [0.29, 0.717) is 11.0 Å². The number of ether oxygens (including phenoxy) is 1. The van der Waals surface area contributed by atoms with Crippen LogP contribution in [0.5, 0.6) is 5.75 Å². The van der Waals surface area contributed by atoms with E-state index >= 15 is 0 Å². The average Bonchev–Trinajstić information content (AvgIpc) is 3.24. The minimum atomic E-state index is -0.209. The van der Waals surface area contributed by atoms with Gasteiger partial charge in [0.05, 0.1) is 0 Å². The van der Waals surface area contributed by atoms with Crippen LogP contribution in [0.1, 0.15) is 40.5 Å². The van der Waals surface area contributed by atoms with Crippen LogP contribution in [0.3, 0.4) is 0 Å². The number of hydrogen-bond acceptors (Lipinski definition) is 5. The third-order valence-electron chi connectivity index (χ3n) is 3.83. The third kappa shape index (κ3) is 3.27. The fraction of sp³-hybridized carbons (Fsp3) is 0.438. The van der Waals surface area contributed by atoms with Gasteiger partial charge >= 0.3 is 0 Å². The summed E-state index contributed by atoms with van der Waals surface area (Å²) in [7, 11) is 0. The number of anilines is 1. The molecule has 0 unspecified atom stereocenters. The molecule has 1 aliphatic rings. The van der Waals surface area contributed by atoms with E-state index in [-0.39, 0.29) is 12.5 Å². The van der Waals surface area contributed by atoms with E-state index in [1.165, 1.54) is 24.2 Å². The standard InChI is InChI=1S/C16H19N3O2S/c1-9-4-5-10(2)14(11(9)3)21-8-13(20)17-16-19-18-15(22-16)12-6-7-12/h4-5,12H,6-8H2,1-3H3,(H,17,19,20). The predicted molar refractivity (Wildman–Crippen MR) is 86.7 cm³/mol. The van der Waals surface area contributed by atoms with E-state index in [9.17, 15) is 4.79 Å². The zero-order valence-electron chi connectivity index (χ0n) is 13.0. The first-order valence-electron chi connectivity index (χ1n) is 7.37. The monoisotopic (exact) mass is 317 g/mol. The number of carbonyl (C=O) groups is 1. The second kappa shape index (κ2) is 6.04. The topological polar surface area (TPSA) is 64.1 Å². The molecule has 22 heavy (non-hydrogen) atoms. The van der Waals surface area contributed by atoms with Crippen LogP contribution in [0.2, 0.25) is 0 Å². The molecule has 0 spiro atoms. The van der Waals surface area contributed by atoms with E-state index in [0.717, 1.165) is 27.4 Å². The Kier molecular flexibility index (Phi) is 4.11. The molecule has 1 fully saturated rings. The lowest BCUT2D eigenvalue weighted by Gasteiger charge is -2.13. The Balaban J connectivity index is 1.59. The van der Waals surface area contributed by atoms with Crippen molar-refractivity contribution in [1.29, 1.82) is 0 Å². The van der Waals surface area contributed by atoms with Gasteiger partial charge in [0.1, 0.15) is 10.8 Å². The summed E-state index contributed by atoms with van der Waals surface area (Å²) in [5.74, 6) is 1.13. The van der Waals surface area contributed by atoms with E-state index in [2.05, 4.69) is 21.6 Å². The summed E-state index contributed by atoms with van der Waals surface area (Å²) in [5, 5.41) is 12.4. The van der Waals surface area contributed by atoms with Gasteiger partial charge in [0.2, 0.25) is 5.13 Å². The summed E-state index contributed by atoms with van der Waals surface area (Å²) in [5.41, 5.74) is 3.25. The van der Waals surface area contributed by atoms with Gasteiger partial charge < -0.3 is 4.74 Å². The molecule has 0 aliphatic heterocycles. The molecule has 1 saturated carbocycles. The highest BCUT2D eigenvalue weighted by atomic mass is 32.1. The second-order valence-electron chi connectivity index (χ2n) is 5.71. The quantitative estimate of drug-likeness (QED) is 0.918. The van der Waals surface area contributed by atoms with Crippen molar-refractivity contribution in [3.63, 3.8) is 0 Å². The highest BCUT2D eigenvalue weighted by molar-refractivity contribution is 7.15. The molecule has 6 heteroatoms. The number of aromatic nitrogens is 2. The maximum atomic E-state index is 12.0. The van der Waals surface area contributed by atoms with Crippen molar-refractivity contribution in [2.24, 2.45) is 0 Å². The molecule has 116 valence electrons. The average molecular weight is 317 g/mol. The Hall–Kier alpha value is -1.95. The Labute approximate surface area is 133 Å². The largest absolute Gasteiger partial charge is 0.483 e. The van der Waals surface area contributed by atoms with Gasteiger partial charge in [-0.3, -0.25) is 10.1 Å². The summed E-state index contributed by atoms with van der Waals surface area (Å²) >= 11 is 1.45. The molecule has 0 bridgehead atoms. The van der Waals surface area contributed by atoms with Gasteiger partial charge in [-0.15, -0.1) is 10.2 Å². The fourth-order valence-corrected chi connectivity index (χ4v) is 3.15. The molecule has 1 aliphatic carbocycles. The zero-order chi connectivity index (χ0) is 15.7. The van der Waals surface area contributed by atoms with Crippen LogP contribution in [0.15, 0.2) is 12.1 Å². The van der Waals surface area contributed by atoms with E-state index in [4.69, 9.17) is 4.74 Å². The maximum absolute atomic E-state index is 12.0. The number of carbonyl (C=O) groups excluding carboxylic acids is 1. The number of rotatable bonds is 5. The fourth-order valence-electron chi connectivity index (χ4n) is 2.22. The van der Waals surface area contributed by atoms with Gasteiger partial charge in [0, 0.05) is 5.92 Å². The molecule has 0 radical (unpaired) electrons. The number of nitrogens with one attached hydrogen (secondary N) is 1. The first kappa shape index (κ1) is 15.0. The molecule has 1 heterocycles. The Bertz CT molecular complexity index is 707. The smallest absolute Gasteiger partial charge is 0.264 e. The van der Waals surface area contributed by atoms with Crippen LogP contribution in [-0.4, -0.2) is 22.7 Å². The van der Waals surface area contributed by atoms with Crippen molar-refractivity contribution in [2.75, 3.05) is 11.9 Å². The number of benzene rings is 1. The lowest BCUT2D eigenvalue weighted by Crippen LogP contribution is -2.20. The highest BCUT2D eigenvalue weighted by Gasteiger charge is 2.27. The minimum Gasteiger partial charge on any atom is -0.483 e. The first-order chi connectivity index (χ1) is 10.5. The number of amides is 1. The molecule has 0 atom stereocenters. The lowest BCUT2D eigenvalue weighted by atomic mass is 10.1. The molecule has 1 amide bonds. The maximum Gasteiger partial charge on any atom is 0.264 e. The predicted octanol–water partition coefficient (Wildman–Crippen LogP) is 3.36. The summed E-state index contributed by atoms with van der Waals surface area (Å²) in [6, 6.07) is 4.06. The molecule has 5 nitrogen and oxygen atoms in total. The van der Waals surface area contributed by atoms with E-state index in [1.54, 1.807) is 0 Å². The van der Waals surface area contributed by atoms with Crippen LogP contribution in [0.4, 0.5) is 5.13 Å². The summed E-state index contributed by atoms with van der Waals surface area (Å²) < 4.78 is 5.69. The van der Waals surface area contributed by atoms with Gasteiger partial charge in [-0.1, -0.05) is 23.5 Å². The first-order valence-corrected chi connectivity index (χ1v) is 8.19. The highest BCUT2D eigenvalue weighted by Crippen LogP contribution is 2.42. The number of aryl methyl sites for hydroxylation is 2. The van der Waals surface area contributed by atoms with Crippen LogP contribution < -0.4 is 10.1 Å². The van der Waals surface area contributed by atoms with E-state index in [1.807, 2.05) is 26.8 Å². The molecule has 0 saturated heterocycles. The van der Waals surface area contributed by atoms with Crippen molar-refractivity contribution in [2.45, 2.75) is 39.5 Å². The molecule has 1 aromatic carbocycles. The molecule has 2 aromatic rings. The summed E-state index contributed by atoms with van der Waals surface area (Å²) in [6.45, 7) is 5.99. The molecule has 1 N–H and O–H groups in total. The van der Waals surface area contributed by atoms with Gasteiger partial charge in [-0.25, -0.2) is 0 Å². The van der Waals surface area contributed by atoms with Crippen molar-refractivity contribution in [3.8, 4) is 5.75 Å². The van der Waals surface area contributed by atoms with Crippen LogP contribution >= 0.6 is 11.3 Å². The van der Waals surface area contributed by atoms with Crippen molar-refractivity contribution < 1.29 is 9.53 Å². The molecule has 3 rings (SSSR count). The normalized spacial score (nSPS) is 14.0. The van der Waals surface area contributed by atoms with Crippen molar-refractivity contribution in [1.82, 2.24) is 10.2 Å². The van der Waals surface area contributed by atoms with Crippen molar-refractivity contribution in [3.05, 3.63) is 33.8 Å². The van der Waals surface area contributed by atoms with Gasteiger partial charge in [0.25, 0.3) is 5.91 Å². The third-order valence-corrected chi connectivity index (χ3v) is 4.84. The van der Waals surface area contributed by atoms with Gasteiger partial charge in [-0.2, -0.15) is 0 Å². The number of hydrogen-bond donors (Lipinski definition) is 1. The Morgan fingerprint density at radius 2 is 2.00 bits per heavy atom. The van der Waals surface area contributed by atoms with Crippen LogP contribution in [-0.2, 0) is 4.79 Å². The number of nitrogens with zero attached hydrogens (tertiary/aromatic N) is 2. The lowest BCUT2D eigenvalue weighted by molar-refractivity contribution is -0.118.